The quantitative estimate of drug-likeness (QED) is 0.878. The Kier molecular flexibility index (Phi) is 4.66. The molecule has 112 valence electrons. The number of halogens is 2. The van der Waals surface area contributed by atoms with E-state index in [0.717, 1.165) is 6.07 Å². The number of rotatable bonds is 4. The highest BCUT2D eigenvalue weighted by molar-refractivity contribution is 7.89. The van der Waals surface area contributed by atoms with Crippen LogP contribution in [0.25, 0.3) is 0 Å². The number of nitrogens with one attached hydrogen (secondary N) is 1. The summed E-state index contributed by atoms with van der Waals surface area (Å²) in [6, 6.07) is 2.02. The lowest BCUT2D eigenvalue weighted by Crippen LogP contribution is -2.39. The maximum Gasteiger partial charge on any atom is 0.243 e. The fourth-order valence-electron chi connectivity index (χ4n) is 2.11. The summed E-state index contributed by atoms with van der Waals surface area (Å²) in [6.45, 7) is 2.11. The minimum atomic E-state index is -4.01. The van der Waals surface area contributed by atoms with Crippen molar-refractivity contribution in [3.63, 3.8) is 0 Å². The third-order valence-corrected chi connectivity index (χ3v) is 4.98. The van der Waals surface area contributed by atoms with Crippen LogP contribution in [0.15, 0.2) is 17.0 Å². The van der Waals surface area contributed by atoms with Gasteiger partial charge in [0.05, 0.1) is 12.1 Å². The predicted octanol–water partition coefficient (Wildman–Crippen LogP) is 1.39. The molecule has 2 atom stereocenters. The van der Waals surface area contributed by atoms with E-state index in [1.54, 1.807) is 6.92 Å². The van der Waals surface area contributed by atoms with Crippen LogP contribution in [-0.4, -0.2) is 27.2 Å². The molecule has 1 heterocycles. The van der Waals surface area contributed by atoms with Gasteiger partial charge in [0.2, 0.25) is 10.0 Å². The van der Waals surface area contributed by atoms with Crippen molar-refractivity contribution in [1.82, 2.24) is 4.72 Å². The highest BCUT2D eigenvalue weighted by Crippen LogP contribution is 2.25. The van der Waals surface area contributed by atoms with Crippen molar-refractivity contribution >= 4 is 21.6 Å². The van der Waals surface area contributed by atoms with E-state index in [-0.39, 0.29) is 29.3 Å². The lowest BCUT2D eigenvalue weighted by Gasteiger charge is -2.17. The van der Waals surface area contributed by atoms with Crippen LogP contribution in [0.1, 0.15) is 18.9 Å². The second-order valence-corrected chi connectivity index (χ2v) is 6.79. The standard InChI is InChI=1S/C12H16ClFN2O3S/c1-7-10(2-3-19-7)16-20(17,18)11-5-9(13)4-8(6-15)12(11)14/h4-5,7,10,16H,2-3,6,15H2,1H3. The fourth-order valence-corrected chi connectivity index (χ4v) is 3.90. The van der Waals surface area contributed by atoms with Gasteiger partial charge in [0.15, 0.2) is 0 Å². The van der Waals surface area contributed by atoms with Crippen LogP contribution in [0.5, 0.6) is 0 Å². The number of hydrogen-bond donors (Lipinski definition) is 2. The molecule has 0 spiro atoms. The normalized spacial score (nSPS) is 23.2. The molecule has 1 aliphatic heterocycles. The second-order valence-electron chi connectivity index (χ2n) is 4.67. The van der Waals surface area contributed by atoms with Crippen LogP contribution in [0.3, 0.4) is 0 Å². The van der Waals surface area contributed by atoms with Crippen LogP contribution in [0, 0.1) is 5.82 Å². The predicted molar refractivity (Wildman–Crippen MR) is 73.4 cm³/mol. The Balaban J connectivity index is 2.36. The van der Waals surface area contributed by atoms with Crippen LogP contribution < -0.4 is 10.5 Å². The summed E-state index contributed by atoms with van der Waals surface area (Å²) in [5.41, 5.74) is 5.45. The van der Waals surface area contributed by atoms with Crippen molar-refractivity contribution in [2.75, 3.05) is 6.61 Å². The smallest absolute Gasteiger partial charge is 0.243 e. The van der Waals surface area contributed by atoms with Gasteiger partial charge in [-0.25, -0.2) is 17.5 Å². The van der Waals surface area contributed by atoms with Crippen molar-refractivity contribution in [2.24, 2.45) is 5.73 Å². The molecular weight excluding hydrogens is 307 g/mol. The van der Waals surface area contributed by atoms with Crippen molar-refractivity contribution in [3.05, 3.63) is 28.5 Å². The van der Waals surface area contributed by atoms with Crippen molar-refractivity contribution in [3.8, 4) is 0 Å². The van der Waals surface area contributed by atoms with E-state index in [1.807, 2.05) is 0 Å². The van der Waals surface area contributed by atoms with Gasteiger partial charge in [0.25, 0.3) is 0 Å². The lowest BCUT2D eigenvalue weighted by atomic mass is 10.2. The molecule has 20 heavy (non-hydrogen) atoms. The van der Waals surface area contributed by atoms with E-state index < -0.39 is 20.7 Å². The Morgan fingerprint density at radius 1 is 1.55 bits per heavy atom. The highest BCUT2D eigenvalue weighted by Gasteiger charge is 2.31. The maximum absolute atomic E-state index is 14.1. The SMILES string of the molecule is CC1OCCC1NS(=O)(=O)c1cc(Cl)cc(CN)c1F. The van der Waals surface area contributed by atoms with E-state index in [0.29, 0.717) is 13.0 Å². The summed E-state index contributed by atoms with van der Waals surface area (Å²) < 4.78 is 46.4. The van der Waals surface area contributed by atoms with Gasteiger partial charge >= 0.3 is 0 Å². The number of benzene rings is 1. The number of nitrogens with two attached hydrogens (primary N) is 1. The number of ether oxygens (including phenoxy) is 1. The van der Waals surface area contributed by atoms with E-state index in [1.165, 1.54) is 6.07 Å². The summed E-state index contributed by atoms with van der Waals surface area (Å²) in [7, 11) is -4.01. The van der Waals surface area contributed by atoms with E-state index in [2.05, 4.69) is 4.72 Å². The van der Waals surface area contributed by atoms with Crippen LogP contribution in [0.2, 0.25) is 5.02 Å². The first-order valence-corrected chi connectivity index (χ1v) is 8.03. The number of hydrogen-bond acceptors (Lipinski definition) is 4. The monoisotopic (exact) mass is 322 g/mol. The molecule has 3 N–H and O–H groups in total. The maximum atomic E-state index is 14.1. The first kappa shape index (κ1) is 15.7. The van der Waals surface area contributed by atoms with Crippen LogP contribution in [-0.2, 0) is 21.3 Å². The molecule has 2 unspecified atom stereocenters. The van der Waals surface area contributed by atoms with Crippen molar-refractivity contribution < 1.29 is 17.5 Å². The first-order valence-electron chi connectivity index (χ1n) is 6.17. The molecule has 5 nitrogen and oxygen atoms in total. The summed E-state index contributed by atoms with van der Waals surface area (Å²) in [4.78, 5) is -0.482. The summed E-state index contributed by atoms with van der Waals surface area (Å²) >= 11 is 5.81. The largest absolute Gasteiger partial charge is 0.377 e. The zero-order chi connectivity index (χ0) is 14.9. The van der Waals surface area contributed by atoms with Gasteiger partial charge in [-0.05, 0) is 25.5 Å². The van der Waals surface area contributed by atoms with Crippen LogP contribution >= 0.6 is 11.6 Å². The zero-order valence-corrected chi connectivity index (χ0v) is 12.5. The third kappa shape index (κ3) is 3.12. The van der Waals surface area contributed by atoms with Gasteiger partial charge < -0.3 is 10.5 Å². The van der Waals surface area contributed by atoms with Crippen molar-refractivity contribution in [2.45, 2.75) is 36.9 Å². The molecule has 0 radical (unpaired) electrons. The molecule has 8 heteroatoms. The molecule has 1 saturated heterocycles. The molecule has 1 aromatic carbocycles. The van der Waals surface area contributed by atoms with Gasteiger partial charge in [0.1, 0.15) is 10.7 Å². The molecule has 0 saturated carbocycles. The summed E-state index contributed by atoms with van der Waals surface area (Å²) in [6.07, 6.45) is 0.299. The minimum Gasteiger partial charge on any atom is -0.377 e. The number of sulfonamides is 1. The van der Waals surface area contributed by atoms with Crippen molar-refractivity contribution in [1.29, 1.82) is 0 Å². The Hall–Kier alpha value is -0.730. The first-order chi connectivity index (χ1) is 9.35. The van der Waals surface area contributed by atoms with E-state index in [9.17, 15) is 12.8 Å². The molecule has 0 aliphatic carbocycles. The van der Waals surface area contributed by atoms with Crippen LogP contribution in [0.4, 0.5) is 4.39 Å². The molecule has 2 rings (SSSR count). The second kappa shape index (κ2) is 5.95. The Bertz CT molecular complexity index is 609. The highest BCUT2D eigenvalue weighted by atomic mass is 35.5. The molecule has 1 fully saturated rings. The fraction of sp³-hybridized carbons (Fsp3) is 0.500. The topological polar surface area (TPSA) is 81.4 Å². The summed E-state index contributed by atoms with van der Waals surface area (Å²) in [5.74, 6) is -0.865. The molecule has 0 amide bonds. The molecular formula is C12H16ClFN2O3S. The van der Waals surface area contributed by atoms with Gasteiger partial charge in [-0.15, -0.1) is 0 Å². The van der Waals surface area contributed by atoms with E-state index in [4.69, 9.17) is 22.1 Å². The van der Waals surface area contributed by atoms with Gasteiger partial charge in [-0.1, -0.05) is 11.6 Å². The Morgan fingerprint density at radius 3 is 2.80 bits per heavy atom. The Morgan fingerprint density at radius 2 is 2.25 bits per heavy atom. The molecule has 1 aromatic rings. The van der Waals surface area contributed by atoms with Gasteiger partial charge in [-0.3, -0.25) is 0 Å². The van der Waals surface area contributed by atoms with Gasteiger partial charge in [-0.2, -0.15) is 0 Å². The van der Waals surface area contributed by atoms with Gasteiger partial charge in [0, 0.05) is 23.7 Å². The lowest BCUT2D eigenvalue weighted by molar-refractivity contribution is 0.117. The minimum absolute atomic E-state index is 0.0635. The molecule has 1 aliphatic rings. The summed E-state index contributed by atoms with van der Waals surface area (Å²) in [5, 5.41) is 0.128. The molecule has 0 bridgehead atoms. The Labute approximate surface area is 122 Å². The zero-order valence-electron chi connectivity index (χ0n) is 10.9. The molecule has 0 aromatic heterocycles. The average Bonchev–Trinajstić information content (AvgIpc) is 2.76. The van der Waals surface area contributed by atoms with E-state index >= 15 is 0 Å². The average molecular weight is 323 g/mol. The third-order valence-electron chi connectivity index (χ3n) is 3.27.